The van der Waals surface area contributed by atoms with Gasteiger partial charge in [-0.15, -0.1) is 0 Å². The predicted molar refractivity (Wildman–Crippen MR) is 26.9 cm³/mol. The van der Waals surface area contributed by atoms with E-state index >= 15 is 0 Å². The van der Waals surface area contributed by atoms with Crippen LogP contribution in [0.1, 0.15) is 13.3 Å². The van der Waals surface area contributed by atoms with E-state index in [1.807, 2.05) is 0 Å². The smallest absolute Gasteiger partial charge is 0.104 e. The second-order valence-corrected chi connectivity index (χ2v) is 1.07. The highest BCUT2D eigenvalue weighted by molar-refractivity contribution is 6.08. The number of hydrogen-bond donors (Lipinski definition) is 0. The first-order valence-electron chi connectivity index (χ1n) is 2.19. The zero-order valence-electron chi connectivity index (χ0n) is 4.11. The predicted octanol–water partition coefficient (Wildman–Crippen LogP) is 0.539. The van der Waals surface area contributed by atoms with Crippen LogP contribution >= 0.6 is 0 Å². The number of rotatable bonds is 3. The highest BCUT2D eigenvalue weighted by atomic mass is 16.5. The van der Waals surface area contributed by atoms with E-state index in [1.165, 1.54) is 0 Å². The van der Waals surface area contributed by atoms with Crippen LogP contribution in [-0.4, -0.2) is 21.0 Å². The van der Waals surface area contributed by atoms with Gasteiger partial charge in [0.25, 0.3) is 0 Å². The maximum Gasteiger partial charge on any atom is 0.104 e. The SMILES string of the molecule is [B]COCCC. The van der Waals surface area contributed by atoms with Crippen molar-refractivity contribution in [2.24, 2.45) is 0 Å². The summed E-state index contributed by atoms with van der Waals surface area (Å²) in [5.74, 6) is 0. The molecule has 0 heterocycles. The minimum atomic E-state index is 0.355. The molecule has 1 nitrogen and oxygen atoms in total. The molecule has 34 valence electrons. The van der Waals surface area contributed by atoms with Crippen LogP contribution in [0.15, 0.2) is 0 Å². The highest BCUT2D eigenvalue weighted by Gasteiger charge is 1.72. The Morgan fingerprint density at radius 3 is 2.50 bits per heavy atom. The van der Waals surface area contributed by atoms with Crippen molar-refractivity contribution in [1.29, 1.82) is 0 Å². The van der Waals surface area contributed by atoms with E-state index in [9.17, 15) is 0 Å². The maximum absolute atomic E-state index is 4.99. The summed E-state index contributed by atoms with van der Waals surface area (Å²) in [6.45, 7) is 3.19. The summed E-state index contributed by atoms with van der Waals surface area (Å²) in [6.07, 6.45) is 1.05. The van der Waals surface area contributed by atoms with Gasteiger partial charge in [0.1, 0.15) is 7.85 Å². The summed E-state index contributed by atoms with van der Waals surface area (Å²) in [5, 5.41) is 0. The molecule has 0 aromatic heterocycles. The summed E-state index contributed by atoms with van der Waals surface area (Å²) in [6, 6.07) is 0. The second kappa shape index (κ2) is 5.02. The largest absolute Gasteiger partial charge is 0.391 e. The summed E-state index contributed by atoms with van der Waals surface area (Å²) in [5.41, 5.74) is 0. The van der Waals surface area contributed by atoms with Crippen LogP contribution in [0.5, 0.6) is 0 Å². The topological polar surface area (TPSA) is 9.23 Å². The molecule has 2 heteroatoms. The molecule has 2 radical (unpaired) electrons. The van der Waals surface area contributed by atoms with Gasteiger partial charge in [0.05, 0.1) is 0 Å². The van der Waals surface area contributed by atoms with E-state index in [1.54, 1.807) is 0 Å². The molecule has 0 aliphatic heterocycles. The van der Waals surface area contributed by atoms with Crippen molar-refractivity contribution >= 4 is 7.85 Å². The third-order valence-electron chi connectivity index (χ3n) is 0.466. The summed E-state index contributed by atoms with van der Waals surface area (Å²) in [4.78, 5) is 0. The van der Waals surface area contributed by atoms with E-state index in [0.29, 0.717) is 6.51 Å². The third kappa shape index (κ3) is 4.02. The molecule has 0 aromatic rings. The van der Waals surface area contributed by atoms with Crippen LogP contribution in [0.3, 0.4) is 0 Å². The van der Waals surface area contributed by atoms with Crippen LogP contribution in [0.25, 0.3) is 0 Å². The summed E-state index contributed by atoms with van der Waals surface area (Å²) in [7, 11) is 4.99. The van der Waals surface area contributed by atoms with Gasteiger partial charge in [-0.2, -0.15) is 0 Å². The lowest BCUT2D eigenvalue weighted by molar-refractivity contribution is 0.179. The standard InChI is InChI=1S/C4H9BO/c1-2-3-6-4-5/h2-4H2,1H3. The zero-order chi connectivity index (χ0) is 4.83. The first-order chi connectivity index (χ1) is 2.91. The maximum atomic E-state index is 4.99. The lowest BCUT2D eigenvalue weighted by Gasteiger charge is -1.91. The van der Waals surface area contributed by atoms with Crippen LogP contribution in [0.2, 0.25) is 0 Å². The molecule has 0 fully saturated rings. The first-order valence-corrected chi connectivity index (χ1v) is 2.19. The van der Waals surface area contributed by atoms with Crippen molar-refractivity contribution in [1.82, 2.24) is 0 Å². The van der Waals surface area contributed by atoms with Crippen molar-refractivity contribution in [3.63, 3.8) is 0 Å². The van der Waals surface area contributed by atoms with Gasteiger partial charge in [0.15, 0.2) is 0 Å². The molecule has 0 bridgehead atoms. The lowest BCUT2D eigenvalue weighted by Crippen LogP contribution is -1.92. The average molecular weight is 83.9 g/mol. The Morgan fingerprint density at radius 1 is 1.67 bits per heavy atom. The molecule has 0 spiro atoms. The Bertz CT molecular complexity index is 19.5. The Balaban J connectivity index is 2.34. The molecule has 6 heavy (non-hydrogen) atoms. The van der Waals surface area contributed by atoms with Gasteiger partial charge in [0, 0.05) is 13.1 Å². The Morgan fingerprint density at radius 2 is 2.33 bits per heavy atom. The van der Waals surface area contributed by atoms with E-state index in [4.69, 9.17) is 12.6 Å². The van der Waals surface area contributed by atoms with E-state index in [-0.39, 0.29) is 0 Å². The molecular formula is C4H9BO. The molecular weight excluding hydrogens is 74.9 g/mol. The van der Waals surface area contributed by atoms with Crippen LogP contribution in [0.4, 0.5) is 0 Å². The van der Waals surface area contributed by atoms with Crippen molar-refractivity contribution in [3.05, 3.63) is 0 Å². The molecule has 0 saturated heterocycles. The molecule has 0 rings (SSSR count). The fourth-order valence-electron chi connectivity index (χ4n) is 0.228. The fourth-order valence-corrected chi connectivity index (χ4v) is 0.228. The van der Waals surface area contributed by atoms with Crippen molar-refractivity contribution < 1.29 is 4.74 Å². The average Bonchev–Trinajstić information content (AvgIpc) is 1.61. The normalized spacial score (nSPS) is 8.83. The summed E-state index contributed by atoms with van der Waals surface area (Å²) < 4.78 is 4.76. The van der Waals surface area contributed by atoms with Crippen LogP contribution in [0, 0.1) is 0 Å². The molecule has 0 amide bonds. The van der Waals surface area contributed by atoms with Gasteiger partial charge >= 0.3 is 0 Å². The lowest BCUT2D eigenvalue weighted by atomic mass is 10.2. The van der Waals surface area contributed by atoms with Gasteiger partial charge in [0.2, 0.25) is 0 Å². The highest BCUT2D eigenvalue weighted by Crippen LogP contribution is 1.74. The minimum absolute atomic E-state index is 0.355. The molecule has 0 atom stereocenters. The second-order valence-electron chi connectivity index (χ2n) is 1.07. The van der Waals surface area contributed by atoms with Gasteiger partial charge in [-0.05, 0) is 6.42 Å². The first kappa shape index (κ1) is 6.02. The monoisotopic (exact) mass is 84.1 g/mol. The molecule has 0 saturated carbocycles. The molecule has 0 N–H and O–H groups in total. The quantitative estimate of drug-likeness (QED) is 0.358. The number of hydrogen-bond acceptors (Lipinski definition) is 1. The fraction of sp³-hybridized carbons (Fsp3) is 1.00. The zero-order valence-corrected chi connectivity index (χ0v) is 4.11. The third-order valence-corrected chi connectivity index (χ3v) is 0.466. The Hall–Kier alpha value is 0.0249. The number of ether oxygens (including phenoxy) is 1. The molecule has 0 aromatic carbocycles. The van der Waals surface area contributed by atoms with Crippen molar-refractivity contribution in [2.45, 2.75) is 13.3 Å². The molecule has 0 aliphatic carbocycles. The van der Waals surface area contributed by atoms with E-state index in [2.05, 4.69) is 6.92 Å². The van der Waals surface area contributed by atoms with E-state index < -0.39 is 0 Å². The van der Waals surface area contributed by atoms with Gasteiger partial charge in [-0.3, -0.25) is 0 Å². The van der Waals surface area contributed by atoms with E-state index in [0.717, 1.165) is 13.0 Å². The van der Waals surface area contributed by atoms with Gasteiger partial charge in [-0.1, -0.05) is 6.92 Å². The van der Waals surface area contributed by atoms with Crippen molar-refractivity contribution in [3.8, 4) is 0 Å². The Kier molecular flexibility index (Phi) is 5.05. The molecule has 0 aliphatic rings. The minimum Gasteiger partial charge on any atom is -0.391 e. The molecule has 0 unspecified atom stereocenters. The van der Waals surface area contributed by atoms with Gasteiger partial charge < -0.3 is 4.74 Å². The van der Waals surface area contributed by atoms with Crippen LogP contribution < -0.4 is 0 Å². The van der Waals surface area contributed by atoms with Crippen molar-refractivity contribution in [2.75, 3.05) is 13.1 Å². The Labute approximate surface area is 40.1 Å². The summed E-state index contributed by atoms with van der Waals surface area (Å²) >= 11 is 0. The van der Waals surface area contributed by atoms with Gasteiger partial charge in [-0.25, -0.2) is 0 Å². The van der Waals surface area contributed by atoms with Crippen LogP contribution in [-0.2, 0) is 4.74 Å².